The fourth-order valence-electron chi connectivity index (χ4n) is 2.18. The van der Waals surface area contributed by atoms with Crippen molar-refractivity contribution < 1.29 is 13.2 Å². The summed E-state index contributed by atoms with van der Waals surface area (Å²) in [4.78, 5) is 11.9. The first-order valence-corrected chi connectivity index (χ1v) is 8.27. The van der Waals surface area contributed by atoms with Gasteiger partial charge in [0.15, 0.2) is 5.82 Å². The molecule has 2 N–H and O–H groups in total. The molecule has 2 heterocycles. The number of rotatable bonds is 5. The molecule has 1 aromatic heterocycles. The average Bonchev–Trinajstić information content (AvgIpc) is 2.91. The molecule has 20 heavy (non-hydrogen) atoms. The standard InChI is InChI=1S/C10H18N6O3S/c1-20(18,19)16-6-3-8(4-7-16)10(17)11-5-2-9-12-14-15-13-9/h8H,2-7H2,1H3,(H,11,17)(H,12,13,14,15). The Hall–Kier alpha value is -1.55. The highest BCUT2D eigenvalue weighted by atomic mass is 32.2. The molecule has 2 rings (SSSR count). The van der Waals surface area contributed by atoms with E-state index < -0.39 is 10.0 Å². The SMILES string of the molecule is CS(=O)(=O)N1CCC(C(=O)NCCc2nn[nH]n2)CC1. The van der Waals surface area contributed by atoms with Crippen molar-refractivity contribution in [3.63, 3.8) is 0 Å². The summed E-state index contributed by atoms with van der Waals surface area (Å²) in [5.41, 5.74) is 0. The van der Waals surface area contributed by atoms with Gasteiger partial charge in [-0.2, -0.15) is 5.21 Å². The maximum atomic E-state index is 11.9. The van der Waals surface area contributed by atoms with Crippen molar-refractivity contribution in [2.24, 2.45) is 5.92 Å². The van der Waals surface area contributed by atoms with Gasteiger partial charge in [0.1, 0.15) is 0 Å². The van der Waals surface area contributed by atoms with Gasteiger partial charge in [0.2, 0.25) is 15.9 Å². The van der Waals surface area contributed by atoms with E-state index in [0.717, 1.165) is 0 Å². The van der Waals surface area contributed by atoms with Crippen LogP contribution in [-0.4, -0.2) is 65.1 Å². The molecule has 10 heteroatoms. The Morgan fingerprint density at radius 1 is 1.45 bits per heavy atom. The summed E-state index contributed by atoms with van der Waals surface area (Å²) in [7, 11) is -3.15. The summed E-state index contributed by atoms with van der Waals surface area (Å²) in [5, 5.41) is 16.2. The molecule has 0 spiro atoms. The summed E-state index contributed by atoms with van der Waals surface area (Å²) in [5.74, 6) is 0.386. The Morgan fingerprint density at radius 2 is 2.15 bits per heavy atom. The largest absolute Gasteiger partial charge is 0.355 e. The molecule has 1 saturated heterocycles. The number of aromatic amines is 1. The highest BCUT2D eigenvalue weighted by molar-refractivity contribution is 7.88. The van der Waals surface area contributed by atoms with E-state index in [-0.39, 0.29) is 11.8 Å². The van der Waals surface area contributed by atoms with E-state index in [0.29, 0.717) is 44.7 Å². The summed E-state index contributed by atoms with van der Waals surface area (Å²) < 4.78 is 24.2. The minimum atomic E-state index is -3.15. The van der Waals surface area contributed by atoms with Crippen LogP contribution < -0.4 is 5.32 Å². The molecule has 0 bridgehead atoms. The van der Waals surface area contributed by atoms with Gasteiger partial charge in [-0.15, -0.1) is 10.2 Å². The minimum absolute atomic E-state index is 0.0401. The van der Waals surface area contributed by atoms with Gasteiger partial charge in [-0.1, -0.05) is 5.21 Å². The Balaban J connectivity index is 1.72. The molecule has 1 fully saturated rings. The fraction of sp³-hybridized carbons (Fsp3) is 0.800. The third-order valence-electron chi connectivity index (χ3n) is 3.33. The van der Waals surface area contributed by atoms with Crippen molar-refractivity contribution >= 4 is 15.9 Å². The number of sulfonamides is 1. The van der Waals surface area contributed by atoms with Gasteiger partial charge >= 0.3 is 0 Å². The molecule has 0 saturated carbocycles. The predicted molar refractivity (Wildman–Crippen MR) is 70.0 cm³/mol. The van der Waals surface area contributed by atoms with Gasteiger partial charge in [-0.05, 0) is 12.8 Å². The number of piperidine rings is 1. The number of nitrogens with one attached hydrogen (secondary N) is 2. The number of H-pyrrole nitrogens is 1. The topological polar surface area (TPSA) is 121 Å². The van der Waals surface area contributed by atoms with Gasteiger partial charge in [-0.25, -0.2) is 12.7 Å². The molecular formula is C10H18N6O3S. The van der Waals surface area contributed by atoms with E-state index in [2.05, 4.69) is 25.9 Å². The highest BCUT2D eigenvalue weighted by Gasteiger charge is 2.28. The summed E-state index contributed by atoms with van der Waals surface area (Å²) >= 11 is 0. The van der Waals surface area contributed by atoms with E-state index in [1.807, 2.05) is 0 Å². The number of carbonyl (C=O) groups excluding carboxylic acids is 1. The third-order valence-corrected chi connectivity index (χ3v) is 4.63. The van der Waals surface area contributed by atoms with Crippen molar-refractivity contribution in [3.8, 4) is 0 Å². The number of aromatic nitrogens is 4. The van der Waals surface area contributed by atoms with Crippen LogP contribution in [0.1, 0.15) is 18.7 Å². The van der Waals surface area contributed by atoms with Crippen LogP contribution in [0.15, 0.2) is 0 Å². The fourth-order valence-corrected chi connectivity index (χ4v) is 3.05. The van der Waals surface area contributed by atoms with Crippen LogP contribution >= 0.6 is 0 Å². The third kappa shape index (κ3) is 3.97. The molecule has 0 aliphatic carbocycles. The lowest BCUT2D eigenvalue weighted by Gasteiger charge is -2.29. The molecule has 9 nitrogen and oxygen atoms in total. The number of hydrogen-bond donors (Lipinski definition) is 2. The molecular weight excluding hydrogens is 284 g/mol. The molecule has 112 valence electrons. The van der Waals surface area contributed by atoms with E-state index in [1.165, 1.54) is 10.6 Å². The van der Waals surface area contributed by atoms with Crippen LogP contribution in [0.3, 0.4) is 0 Å². The Morgan fingerprint density at radius 3 is 2.70 bits per heavy atom. The number of amides is 1. The Kier molecular flexibility index (Phi) is 4.65. The molecule has 0 radical (unpaired) electrons. The maximum absolute atomic E-state index is 11.9. The quantitative estimate of drug-likeness (QED) is 0.685. The van der Waals surface area contributed by atoms with E-state index in [9.17, 15) is 13.2 Å². The molecule has 0 unspecified atom stereocenters. The van der Waals surface area contributed by atoms with Crippen molar-refractivity contribution in [1.29, 1.82) is 0 Å². The number of carbonyl (C=O) groups is 1. The normalized spacial score (nSPS) is 18.1. The summed E-state index contributed by atoms with van der Waals surface area (Å²) in [6.07, 6.45) is 2.82. The summed E-state index contributed by atoms with van der Waals surface area (Å²) in [6.45, 7) is 1.26. The predicted octanol–water partition coefficient (Wildman–Crippen LogP) is -1.47. The maximum Gasteiger partial charge on any atom is 0.223 e. The molecule has 1 aliphatic rings. The van der Waals surface area contributed by atoms with E-state index >= 15 is 0 Å². The summed E-state index contributed by atoms with van der Waals surface area (Å²) in [6, 6.07) is 0. The van der Waals surface area contributed by atoms with E-state index in [1.54, 1.807) is 0 Å². The second kappa shape index (κ2) is 6.27. The van der Waals surface area contributed by atoms with Gasteiger partial charge in [-0.3, -0.25) is 4.79 Å². The Bertz CT molecular complexity index is 535. The second-order valence-electron chi connectivity index (χ2n) is 4.81. The van der Waals surface area contributed by atoms with Crippen LogP contribution in [0, 0.1) is 5.92 Å². The van der Waals surface area contributed by atoms with Gasteiger partial charge in [0, 0.05) is 32.0 Å². The van der Waals surface area contributed by atoms with Gasteiger partial charge < -0.3 is 5.32 Å². The molecule has 1 amide bonds. The first-order chi connectivity index (χ1) is 9.47. The monoisotopic (exact) mass is 302 g/mol. The lowest BCUT2D eigenvalue weighted by molar-refractivity contribution is -0.126. The molecule has 0 atom stereocenters. The van der Waals surface area contributed by atoms with Crippen LogP contribution in [0.25, 0.3) is 0 Å². The first-order valence-electron chi connectivity index (χ1n) is 6.42. The number of nitrogens with zero attached hydrogens (tertiary/aromatic N) is 4. The van der Waals surface area contributed by atoms with Crippen molar-refractivity contribution in [2.75, 3.05) is 25.9 Å². The van der Waals surface area contributed by atoms with Crippen molar-refractivity contribution in [1.82, 2.24) is 30.2 Å². The first kappa shape index (κ1) is 14.9. The minimum Gasteiger partial charge on any atom is -0.355 e. The van der Waals surface area contributed by atoms with Crippen molar-refractivity contribution in [2.45, 2.75) is 19.3 Å². The zero-order chi connectivity index (χ0) is 14.6. The van der Waals surface area contributed by atoms with E-state index in [4.69, 9.17) is 0 Å². The smallest absolute Gasteiger partial charge is 0.223 e. The second-order valence-corrected chi connectivity index (χ2v) is 6.79. The van der Waals surface area contributed by atoms with Crippen molar-refractivity contribution in [3.05, 3.63) is 5.82 Å². The van der Waals surface area contributed by atoms with Gasteiger partial charge in [0.05, 0.1) is 6.26 Å². The highest BCUT2D eigenvalue weighted by Crippen LogP contribution is 2.19. The van der Waals surface area contributed by atoms with Crippen LogP contribution in [0.5, 0.6) is 0 Å². The number of tetrazole rings is 1. The van der Waals surface area contributed by atoms with Crippen LogP contribution in [0.2, 0.25) is 0 Å². The zero-order valence-corrected chi connectivity index (χ0v) is 12.1. The van der Waals surface area contributed by atoms with Crippen LogP contribution in [-0.2, 0) is 21.2 Å². The zero-order valence-electron chi connectivity index (χ0n) is 11.2. The van der Waals surface area contributed by atoms with Crippen LogP contribution in [0.4, 0.5) is 0 Å². The molecule has 1 aliphatic heterocycles. The lowest BCUT2D eigenvalue weighted by Crippen LogP contribution is -2.42. The molecule has 1 aromatic rings. The average molecular weight is 302 g/mol. The Labute approximate surface area is 117 Å². The molecule has 0 aromatic carbocycles. The lowest BCUT2D eigenvalue weighted by atomic mass is 9.97. The number of hydrogen-bond acceptors (Lipinski definition) is 6. The van der Waals surface area contributed by atoms with Gasteiger partial charge in [0.25, 0.3) is 0 Å².